The maximum Gasteiger partial charge on any atom is 0.149 e. The minimum absolute atomic E-state index is 0.0340. The summed E-state index contributed by atoms with van der Waals surface area (Å²) < 4.78 is 13.2. The maximum absolute atomic E-state index is 13.2. The van der Waals surface area contributed by atoms with Gasteiger partial charge in [-0.3, -0.25) is 4.79 Å². The van der Waals surface area contributed by atoms with Gasteiger partial charge in [0, 0.05) is 6.42 Å². The van der Waals surface area contributed by atoms with E-state index in [1.54, 1.807) is 25.1 Å². The van der Waals surface area contributed by atoms with Gasteiger partial charge in [-0.1, -0.05) is 25.1 Å². The molecule has 0 fully saturated rings. The third-order valence-corrected chi connectivity index (χ3v) is 2.16. The smallest absolute Gasteiger partial charge is 0.149 e. The molecule has 1 atom stereocenters. The highest BCUT2D eigenvalue weighted by Gasteiger charge is 2.13. The van der Waals surface area contributed by atoms with Crippen LogP contribution in [0.1, 0.15) is 18.9 Å². The molecule has 0 bridgehead atoms. The zero-order valence-corrected chi connectivity index (χ0v) is 8.16. The number of ketones is 1. The van der Waals surface area contributed by atoms with Crippen LogP contribution in [0, 0.1) is 5.82 Å². The Morgan fingerprint density at radius 3 is 2.71 bits per heavy atom. The van der Waals surface area contributed by atoms with Gasteiger partial charge in [0.2, 0.25) is 0 Å². The van der Waals surface area contributed by atoms with Crippen molar-refractivity contribution in [3.05, 3.63) is 35.6 Å². The predicted molar refractivity (Wildman–Crippen MR) is 53.4 cm³/mol. The molecule has 0 amide bonds. The van der Waals surface area contributed by atoms with Crippen molar-refractivity contribution in [1.29, 1.82) is 0 Å². The quantitative estimate of drug-likeness (QED) is 0.794. The molecule has 0 saturated carbocycles. The number of hydrogen-bond donors (Lipinski definition) is 1. The van der Waals surface area contributed by atoms with Gasteiger partial charge in [-0.2, -0.15) is 0 Å². The summed E-state index contributed by atoms with van der Waals surface area (Å²) in [6, 6.07) is 5.79. The molecule has 0 aliphatic carbocycles. The molecule has 3 heteroatoms. The maximum atomic E-state index is 13.2. The average Bonchev–Trinajstić information content (AvgIpc) is 2.20. The van der Waals surface area contributed by atoms with Gasteiger partial charge in [0.15, 0.2) is 0 Å². The van der Waals surface area contributed by atoms with E-state index in [1.807, 2.05) is 0 Å². The Kier molecular flexibility index (Phi) is 3.77. The molecule has 1 aromatic rings. The number of Topliss-reactive ketones (excluding diaryl/α,β-unsaturated/α-hetero) is 1. The summed E-state index contributed by atoms with van der Waals surface area (Å²) >= 11 is 0. The van der Waals surface area contributed by atoms with Crippen molar-refractivity contribution in [3.8, 4) is 0 Å². The summed E-state index contributed by atoms with van der Waals surface area (Å²) in [5.41, 5.74) is 6.11. The number of nitrogens with two attached hydrogens (primary N) is 1. The Hall–Kier alpha value is -1.22. The van der Waals surface area contributed by atoms with E-state index < -0.39 is 6.04 Å². The first kappa shape index (κ1) is 10.9. The molecule has 2 nitrogen and oxygen atoms in total. The lowest BCUT2D eigenvalue weighted by molar-refractivity contribution is -0.119. The molecule has 0 spiro atoms. The highest BCUT2D eigenvalue weighted by atomic mass is 19.1. The minimum atomic E-state index is -0.586. The van der Waals surface area contributed by atoms with Crippen LogP contribution in [-0.4, -0.2) is 11.8 Å². The van der Waals surface area contributed by atoms with Crippen molar-refractivity contribution in [2.45, 2.75) is 25.8 Å². The van der Waals surface area contributed by atoms with E-state index >= 15 is 0 Å². The van der Waals surface area contributed by atoms with Crippen molar-refractivity contribution >= 4 is 5.78 Å². The standard InChI is InChI=1S/C11H14FNO/c1-2-11(14)10(13)7-8-5-3-4-6-9(8)12/h3-6,10H,2,7,13H2,1H3/t10-/m1/s1. The van der Waals surface area contributed by atoms with Gasteiger partial charge in [0.25, 0.3) is 0 Å². The third-order valence-electron chi connectivity index (χ3n) is 2.16. The second-order valence-electron chi connectivity index (χ2n) is 3.22. The van der Waals surface area contributed by atoms with Crippen LogP contribution in [0.5, 0.6) is 0 Å². The molecular weight excluding hydrogens is 181 g/mol. The van der Waals surface area contributed by atoms with Gasteiger partial charge < -0.3 is 5.73 Å². The highest BCUT2D eigenvalue weighted by molar-refractivity contribution is 5.83. The number of carbonyl (C=O) groups excluding carboxylic acids is 1. The largest absolute Gasteiger partial charge is 0.321 e. The monoisotopic (exact) mass is 195 g/mol. The fourth-order valence-corrected chi connectivity index (χ4v) is 1.28. The second kappa shape index (κ2) is 4.86. The van der Waals surface area contributed by atoms with Crippen LogP contribution in [0.25, 0.3) is 0 Å². The lowest BCUT2D eigenvalue weighted by atomic mass is 10.0. The third kappa shape index (κ3) is 2.64. The van der Waals surface area contributed by atoms with Crippen LogP contribution in [-0.2, 0) is 11.2 Å². The lowest BCUT2D eigenvalue weighted by Crippen LogP contribution is -2.32. The highest BCUT2D eigenvalue weighted by Crippen LogP contribution is 2.09. The zero-order chi connectivity index (χ0) is 10.6. The summed E-state index contributed by atoms with van der Waals surface area (Å²) in [4.78, 5) is 11.2. The van der Waals surface area contributed by atoms with Gasteiger partial charge in [-0.05, 0) is 18.1 Å². The van der Waals surface area contributed by atoms with Crippen molar-refractivity contribution in [1.82, 2.24) is 0 Å². The summed E-state index contributed by atoms with van der Waals surface area (Å²) in [6.45, 7) is 1.75. The molecular formula is C11H14FNO. The Balaban J connectivity index is 2.69. The zero-order valence-electron chi connectivity index (χ0n) is 8.16. The molecule has 0 aliphatic heterocycles. The summed E-state index contributed by atoms with van der Waals surface area (Å²) in [6.07, 6.45) is 0.676. The van der Waals surface area contributed by atoms with Crippen LogP contribution < -0.4 is 5.73 Å². The lowest BCUT2D eigenvalue weighted by Gasteiger charge is -2.09. The summed E-state index contributed by atoms with van der Waals surface area (Å²) in [5.74, 6) is -0.333. The summed E-state index contributed by atoms with van der Waals surface area (Å²) in [5, 5.41) is 0. The molecule has 0 saturated heterocycles. The van der Waals surface area contributed by atoms with Crippen LogP contribution in [0.15, 0.2) is 24.3 Å². The molecule has 14 heavy (non-hydrogen) atoms. The Bertz CT molecular complexity index is 325. The average molecular weight is 195 g/mol. The second-order valence-corrected chi connectivity index (χ2v) is 3.22. The first-order valence-corrected chi connectivity index (χ1v) is 4.66. The van der Waals surface area contributed by atoms with Gasteiger partial charge in [0.1, 0.15) is 11.6 Å². The number of hydrogen-bond acceptors (Lipinski definition) is 2. The Labute approximate surface area is 82.9 Å². The van der Waals surface area contributed by atoms with Gasteiger partial charge in [-0.25, -0.2) is 4.39 Å². The Morgan fingerprint density at radius 1 is 1.50 bits per heavy atom. The van der Waals surface area contributed by atoms with Crippen LogP contribution >= 0.6 is 0 Å². The topological polar surface area (TPSA) is 43.1 Å². The molecule has 0 aliphatic rings. The molecule has 0 heterocycles. The van der Waals surface area contributed by atoms with Crippen LogP contribution in [0.4, 0.5) is 4.39 Å². The number of benzene rings is 1. The molecule has 1 rings (SSSR count). The molecule has 0 aromatic heterocycles. The van der Waals surface area contributed by atoms with Crippen molar-refractivity contribution in [3.63, 3.8) is 0 Å². The molecule has 76 valence electrons. The minimum Gasteiger partial charge on any atom is -0.321 e. The summed E-state index contributed by atoms with van der Waals surface area (Å²) in [7, 11) is 0. The Morgan fingerprint density at radius 2 is 2.14 bits per heavy atom. The number of rotatable bonds is 4. The van der Waals surface area contributed by atoms with E-state index in [4.69, 9.17) is 5.73 Å². The van der Waals surface area contributed by atoms with E-state index in [0.29, 0.717) is 12.0 Å². The SMILES string of the molecule is CCC(=O)[C@H](N)Cc1ccccc1F. The van der Waals surface area contributed by atoms with Crippen molar-refractivity contribution in [2.24, 2.45) is 5.73 Å². The van der Waals surface area contributed by atoms with Crippen molar-refractivity contribution in [2.75, 3.05) is 0 Å². The first-order valence-electron chi connectivity index (χ1n) is 4.66. The van der Waals surface area contributed by atoms with E-state index in [9.17, 15) is 9.18 Å². The molecule has 0 radical (unpaired) electrons. The van der Waals surface area contributed by atoms with Gasteiger partial charge >= 0.3 is 0 Å². The van der Waals surface area contributed by atoms with Gasteiger partial charge in [-0.15, -0.1) is 0 Å². The van der Waals surface area contributed by atoms with Crippen LogP contribution in [0.2, 0.25) is 0 Å². The van der Waals surface area contributed by atoms with E-state index in [2.05, 4.69) is 0 Å². The number of carbonyl (C=O) groups is 1. The molecule has 0 unspecified atom stereocenters. The van der Waals surface area contributed by atoms with E-state index in [1.165, 1.54) is 6.07 Å². The van der Waals surface area contributed by atoms with Crippen LogP contribution in [0.3, 0.4) is 0 Å². The van der Waals surface area contributed by atoms with E-state index in [0.717, 1.165) is 0 Å². The normalized spacial score (nSPS) is 12.5. The van der Waals surface area contributed by atoms with Crippen molar-refractivity contribution < 1.29 is 9.18 Å². The predicted octanol–water partition coefficient (Wildman–Crippen LogP) is 1.67. The van der Waals surface area contributed by atoms with Gasteiger partial charge in [0.05, 0.1) is 6.04 Å². The number of halogens is 1. The first-order chi connectivity index (χ1) is 6.65. The fourth-order valence-electron chi connectivity index (χ4n) is 1.28. The van der Waals surface area contributed by atoms with E-state index in [-0.39, 0.29) is 18.0 Å². The molecule has 1 aromatic carbocycles. The fraction of sp³-hybridized carbons (Fsp3) is 0.364. The molecule has 2 N–H and O–H groups in total.